The highest BCUT2D eigenvalue weighted by Gasteiger charge is 2.22. The first-order valence-electron chi connectivity index (χ1n) is 7.13. The first-order valence-corrected chi connectivity index (χ1v) is 7.51. The van der Waals surface area contributed by atoms with E-state index in [4.69, 9.17) is 25.7 Å². The molecule has 126 valence electrons. The van der Waals surface area contributed by atoms with Crippen molar-refractivity contribution in [1.29, 1.82) is 5.26 Å². The molecule has 3 rings (SSSR count). The van der Waals surface area contributed by atoms with Crippen LogP contribution in [-0.4, -0.2) is 15.7 Å². The first kappa shape index (κ1) is 16.5. The largest absolute Gasteiger partial charge is 0.459 e. The third-order valence-corrected chi connectivity index (χ3v) is 3.72. The van der Waals surface area contributed by atoms with Crippen molar-refractivity contribution in [3.05, 3.63) is 57.7 Å². The highest BCUT2D eigenvalue weighted by molar-refractivity contribution is 6.32. The van der Waals surface area contributed by atoms with Crippen molar-refractivity contribution in [2.45, 2.75) is 13.0 Å². The van der Waals surface area contributed by atoms with Gasteiger partial charge in [-0.05, 0) is 37.3 Å². The first-order chi connectivity index (χ1) is 12.0. The van der Waals surface area contributed by atoms with Crippen molar-refractivity contribution in [3.63, 3.8) is 0 Å². The summed E-state index contributed by atoms with van der Waals surface area (Å²) in [6.45, 7) is 1.50. The Balaban J connectivity index is 1.80. The average Bonchev–Trinajstić information content (AvgIpc) is 3.23. The summed E-state index contributed by atoms with van der Waals surface area (Å²) in [5.74, 6) is -1.02. The molecule has 0 saturated heterocycles. The number of hydrogen-bond acceptors (Lipinski definition) is 6. The van der Waals surface area contributed by atoms with Crippen LogP contribution in [0.2, 0.25) is 5.02 Å². The molecule has 1 atom stereocenters. The van der Waals surface area contributed by atoms with E-state index in [0.717, 1.165) is 4.68 Å². The molecular weight excluding hydrogens is 348 g/mol. The Morgan fingerprint density at radius 1 is 1.44 bits per heavy atom. The van der Waals surface area contributed by atoms with E-state index >= 15 is 0 Å². The molecule has 2 aromatic heterocycles. The Bertz CT molecular complexity index is 1010. The van der Waals surface area contributed by atoms with Gasteiger partial charge in [0.05, 0.1) is 16.8 Å². The van der Waals surface area contributed by atoms with Crippen molar-refractivity contribution < 1.29 is 13.6 Å². The number of hydrogen-bond donors (Lipinski definition) is 1. The van der Waals surface area contributed by atoms with Gasteiger partial charge in [-0.15, -0.1) is 5.10 Å². The number of aromatic nitrogens is 2. The highest BCUT2D eigenvalue weighted by atomic mass is 35.5. The maximum Gasteiger partial charge on any atom is 0.438 e. The van der Waals surface area contributed by atoms with Gasteiger partial charge < -0.3 is 14.2 Å². The summed E-state index contributed by atoms with van der Waals surface area (Å²) >= 11 is 5.93. The van der Waals surface area contributed by atoms with E-state index in [1.807, 2.05) is 6.07 Å². The minimum atomic E-state index is -0.936. The van der Waals surface area contributed by atoms with Crippen LogP contribution in [0.4, 0.5) is 5.69 Å². The van der Waals surface area contributed by atoms with Gasteiger partial charge in [-0.25, -0.2) is 4.79 Å². The molecule has 0 radical (unpaired) electrons. The lowest BCUT2D eigenvalue weighted by molar-refractivity contribution is -0.119. The molecule has 2 heterocycles. The molecule has 3 aromatic rings. The van der Waals surface area contributed by atoms with Gasteiger partial charge in [-0.2, -0.15) is 9.94 Å². The maximum atomic E-state index is 12.3. The van der Waals surface area contributed by atoms with Crippen LogP contribution in [0.1, 0.15) is 18.5 Å². The number of anilines is 1. The average molecular weight is 359 g/mol. The Labute approximate surface area is 146 Å². The van der Waals surface area contributed by atoms with E-state index in [0.29, 0.717) is 11.3 Å². The van der Waals surface area contributed by atoms with E-state index in [-0.39, 0.29) is 16.7 Å². The van der Waals surface area contributed by atoms with Crippen LogP contribution in [0.3, 0.4) is 0 Å². The molecule has 1 N–H and O–H groups in total. The van der Waals surface area contributed by atoms with Gasteiger partial charge in [0.25, 0.3) is 5.89 Å². The summed E-state index contributed by atoms with van der Waals surface area (Å²) in [5, 5.41) is 15.6. The molecule has 0 aliphatic heterocycles. The van der Waals surface area contributed by atoms with E-state index in [9.17, 15) is 9.59 Å². The molecule has 0 unspecified atom stereocenters. The SMILES string of the molecule is C[C@H](C(=O)Nc1ccc(C#N)c(Cl)c1)n1nc(-c2ccco2)oc1=O. The monoisotopic (exact) mass is 358 g/mol. The lowest BCUT2D eigenvalue weighted by atomic mass is 10.2. The van der Waals surface area contributed by atoms with E-state index in [2.05, 4.69) is 10.4 Å². The number of nitrogens with one attached hydrogen (secondary N) is 1. The quantitative estimate of drug-likeness (QED) is 0.767. The molecule has 1 aromatic carbocycles. The zero-order valence-electron chi connectivity index (χ0n) is 12.9. The van der Waals surface area contributed by atoms with E-state index in [1.54, 1.807) is 12.1 Å². The second-order valence-electron chi connectivity index (χ2n) is 5.07. The predicted molar refractivity (Wildman–Crippen MR) is 88.0 cm³/mol. The molecule has 0 spiro atoms. The standard InChI is InChI=1S/C16H11ClN4O4/c1-9(14(22)19-11-5-4-10(8-18)12(17)7-11)21-16(23)25-15(20-21)13-3-2-6-24-13/h2-7,9H,1H3,(H,19,22)/t9-/m1/s1. The van der Waals surface area contributed by atoms with Crippen LogP contribution in [-0.2, 0) is 4.79 Å². The number of nitrogens with zero attached hydrogens (tertiary/aromatic N) is 3. The maximum absolute atomic E-state index is 12.3. The molecule has 0 aliphatic carbocycles. The van der Waals surface area contributed by atoms with Crippen LogP contribution >= 0.6 is 11.6 Å². The summed E-state index contributed by atoms with van der Waals surface area (Å²) in [7, 11) is 0. The van der Waals surface area contributed by atoms with Gasteiger partial charge in [0.2, 0.25) is 5.91 Å². The van der Waals surface area contributed by atoms with Crippen LogP contribution in [0, 0.1) is 11.3 Å². The minimum absolute atomic E-state index is 0.0175. The highest BCUT2D eigenvalue weighted by Crippen LogP contribution is 2.21. The second-order valence-corrected chi connectivity index (χ2v) is 5.47. The number of benzene rings is 1. The number of carbonyl (C=O) groups excluding carboxylic acids is 1. The number of carbonyl (C=O) groups is 1. The summed E-state index contributed by atoms with van der Waals surface area (Å²) in [6.07, 6.45) is 1.42. The molecular formula is C16H11ClN4O4. The third-order valence-electron chi connectivity index (χ3n) is 3.40. The second kappa shape index (κ2) is 6.67. The Hall–Kier alpha value is -3.31. The van der Waals surface area contributed by atoms with Crippen LogP contribution in [0.5, 0.6) is 0 Å². The molecule has 8 nitrogen and oxygen atoms in total. The Morgan fingerprint density at radius 2 is 2.24 bits per heavy atom. The lowest BCUT2D eigenvalue weighted by Gasteiger charge is -2.11. The number of nitriles is 1. The van der Waals surface area contributed by atoms with Gasteiger partial charge in [0.1, 0.15) is 12.1 Å². The topological polar surface area (TPSA) is 114 Å². The zero-order chi connectivity index (χ0) is 18.0. The molecule has 9 heteroatoms. The number of rotatable bonds is 4. The van der Waals surface area contributed by atoms with E-state index in [1.165, 1.54) is 31.4 Å². The normalized spacial score (nSPS) is 11.7. The van der Waals surface area contributed by atoms with Gasteiger partial charge >= 0.3 is 5.76 Å². The minimum Gasteiger partial charge on any atom is -0.459 e. The Kier molecular flexibility index (Phi) is 4.41. The van der Waals surface area contributed by atoms with Crippen molar-refractivity contribution >= 4 is 23.2 Å². The van der Waals surface area contributed by atoms with Crippen LogP contribution in [0.25, 0.3) is 11.7 Å². The fourth-order valence-electron chi connectivity index (χ4n) is 2.07. The third kappa shape index (κ3) is 3.32. The van der Waals surface area contributed by atoms with Gasteiger partial charge in [0.15, 0.2) is 5.76 Å². The number of halogens is 1. The van der Waals surface area contributed by atoms with Crippen molar-refractivity contribution in [2.24, 2.45) is 0 Å². The predicted octanol–water partition coefficient (Wildman–Crippen LogP) is 2.82. The Morgan fingerprint density at radius 3 is 2.88 bits per heavy atom. The van der Waals surface area contributed by atoms with E-state index < -0.39 is 17.7 Å². The summed E-state index contributed by atoms with van der Waals surface area (Å²) in [4.78, 5) is 24.3. The molecule has 1 amide bonds. The van der Waals surface area contributed by atoms with Gasteiger partial charge in [0, 0.05) is 5.69 Å². The fraction of sp³-hybridized carbons (Fsp3) is 0.125. The van der Waals surface area contributed by atoms with Crippen molar-refractivity contribution in [3.8, 4) is 17.7 Å². The van der Waals surface area contributed by atoms with Crippen LogP contribution in [0.15, 0.2) is 50.2 Å². The lowest BCUT2D eigenvalue weighted by Crippen LogP contribution is -2.30. The summed E-state index contributed by atoms with van der Waals surface area (Å²) < 4.78 is 11.0. The molecule has 0 aliphatic rings. The zero-order valence-corrected chi connectivity index (χ0v) is 13.6. The summed E-state index contributed by atoms with van der Waals surface area (Å²) in [5.41, 5.74) is 0.687. The van der Waals surface area contributed by atoms with Crippen molar-refractivity contribution in [2.75, 3.05) is 5.32 Å². The number of furan rings is 1. The van der Waals surface area contributed by atoms with Crippen molar-refractivity contribution in [1.82, 2.24) is 9.78 Å². The molecule has 0 bridgehead atoms. The van der Waals surface area contributed by atoms with Crippen LogP contribution < -0.4 is 11.1 Å². The smallest absolute Gasteiger partial charge is 0.438 e. The molecule has 0 fully saturated rings. The molecule has 25 heavy (non-hydrogen) atoms. The fourth-order valence-corrected chi connectivity index (χ4v) is 2.30. The summed E-state index contributed by atoms with van der Waals surface area (Å²) in [6, 6.07) is 8.67. The van der Waals surface area contributed by atoms with Gasteiger partial charge in [-0.1, -0.05) is 11.6 Å². The van der Waals surface area contributed by atoms with Gasteiger partial charge in [-0.3, -0.25) is 4.79 Å². The molecule has 0 saturated carbocycles. The number of amides is 1.